The number of esters is 2. The molecular weight excluding hydrogens is 530 g/mol. The molecule has 0 saturated carbocycles. The van der Waals surface area contributed by atoms with Crippen LogP contribution in [0.5, 0.6) is 0 Å². The molecule has 0 saturated heterocycles. The van der Waals surface area contributed by atoms with Crippen molar-refractivity contribution in [2.45, 2.75) is 168 Å². The topological polar surface area (TPSA) is 125 Å². The van der Waals surface area contributed by atoms with Crippen molar-refractivity contribution in [1.82, 2.24) is 4.90 Å². The van der Waals surface area contributed by atoms with Gasteiger partial charge in [0.05, 0.1) is 19.1 Å². The maximum absolute atomic E-state index is 13.0. The van der Waals surface area contributed by atoms with Gasteiger partial charge in [-0.1, -0.05) is 123 Å². The number of unbranched alkanes of at least 4 members (excludes halogenated alkanes) is 17. The third-order valence-corrected chi connectivity index (χ3v) is 7.82. The Kier molecular flexibility index (Phi) is 29.6. The van der Waals surface area contributed by atoms with Gasteiger partial charge in [0.1, 0.15) is 13.2 Å². The molecule has 0 radical (unpaired) electrons. The van der Waals surface area contributed by atoms with E-state index in [9.17, 15) is 14.4 Å². The second-order valence-electron chi connectivity index (χ2n) is 11.8. The van der Waals surface area contributed by atoms with Crippen molar-refractivity contribution in [3.63, 3.8) is 0 Å². The molecule has 0 spiro atoms. The number of hydrogen-bond donors (Lipinski definition) is 2. The molecule has 248 valence electrons. The van der Waals surface area contributed by atoms with E-state index in [0.717, 1.165) is 51.4 Å². The predicted octanol–water partition coefficient (Wildman–Crippen LogP) is 7.20. The minimum Gasteiger partial charge on any atom is -0.464 e. The van der Waals surface area contributed by atoms with E-state index in [-0.39, 0.29) is 44.1 Å². The number of ether oxygens (including phenoxy) is 2. The summed E-state index contributed by atoms with van der Waals surface area (Å²) in [6, 6.07) is -0.646. The normalized spacial score (nSPS) is 11.8. The Hall–Kier alpha value is -1.67. The van der Waals surface area contributed by atoms with Crippen LogP contribution in [0.2, 0.25) is 0 Å². The Labute approximate surface area is 258 Å². The Morgan fingerprint density at radius 3 is 1.33 bits per heavy atom. The lowest BCUT2D eigenvalue weighted by Gasteiger charge is -2.25. The van der Waals surface area contributed by atoms with E-state index in [0.29, 0.717) is 25.8 Å². The summed E-state index contributed by atoms with van der Waals surface area (Å²) in [4.78, 5) is 39.0. The van der Waals surface area contributed by atoms with E-state index >= 15 is 0 Å². The van der Waals surface area contributed by atoms with Crippen LogP contribution >= 0.6 is 0 Å². The fourth-order valence-electron chi connectivity index (χ4n) is 5.04. The van der Waals surface area contributed by atoms with E-state index in [1.54, 1.807) is 4.90 Å². The van der Waals surface area contributed by atoms with Gasteiger partial charge in [-0.3, -0.25) is 14.4 Å². The van der Waals surface area contributed by atoms with Gasteiger partial charge in [0, 0.05) is 12.8 Å². The second kappa shape index (κ2) is 30.8. The number of carbonyl (C=O) groups excluding carboxylic acids is 3. The first-order valence-corrected chi connectivity index (χ1v) is 17.5. The zero-order valence-electron chi connectivity index (χ0n) is 27.5. The first-order valence-electron chi connectivity index (χ1n) is 17.5. The van der Waals surface area contributed by atoms with Crippen LogP contribution in [-0.4, -0.2) is 61.6 Å². The number of nitrogens with two attached hydrogens (primary N) is 2. The molecule has 0 fully saturated rings. The van der Waals surface area contributed by atoms with Crippen molar-refractivity contribution in [3.8, 4) is 0 Å². The third-order valence-electron chi connectivity index (χ3n) is 7.82. The van der Waals surface area contributed by atoms with Gasteiger partial charge in [0.2, 0.25) is 5.91 Å². The Balaban J connectivity index is 4.29. The van der Waals surface area contributed by atoms with Crippen LogP contribution in [0, 0.1) is 0 Å². The zero-order valence-corrected chi connectivity index (χ0v) is 27.5. The highest BCUT2D eigenvalue weighted by molar-refractivity contribution is 5.81. The number of hydrogen-bond acceptors (Lipinski definition) is 7. The summed E-state index contributed by atoms with van der Waals surface area (Å²) in [5, 5.41) is 0. The highest BCUT2D eigenvalue weighted by Crippen LogP contribution is 2.12. The minimum atomic E-state index is -0.646. The van der Waals surface area contributed by atoms with E-state index in [4.69, 9.17) is 20.9 Å². The Morgan fingerprint density at radius 2 is 0.952 bits per heavy atom. The van der Waals surface area contributed by atoms with E-state index in [1.807, 2.05) is 0 Å². The quantitative estimate of drug-likeness (QED) is 0.0639. The van der Waals surface area contributed by atoms with Gasteiger partial charge in [-0.25, -0.2) is 0 Å². The van der Waals surface area contributed by atoms with Crippen LogP contribution in [0.1, 0.15) is 162 Å². The lowest BCUT2D eigenvalue weighted by molar-refractivity contribution is -0.148. The largest absolute Gasteiger partial charge is 0.464 e. The molecular formula is C34H67N3O5. The number of nitrogens with zero attached hydrogens (tertiary/aromatic N) is 1. The maximum atomic E-state index is 13.0. The van der Waals surface area contributed by atoms with Crippen LogP contribution in [0.25, 0.3) is 0 Å². The van der Waals surface area contributed by atoms with Crippen LogP contribution < -0.4 is 11.5 Å². The first kappa shape index (κ1) is 40.3. The molecule has 0 aliphatic carbocycles. The van der Waals surface area contributed by atoms with Gasteiger partial charge in [0.25, 0.3) is 0 Å². The molecule has 0 aliphatic heterocycles. The van der Waals surface area contributed by atoms with Crippen LogP contribution in [-0.2, 0) is 23.9 Å². The van der Waals surface area contributed by atoms with E-state index in [1.165, 1.54) is 77.0 Å². The molecule has 0 aromatic rings. The molecule has 42 heavy (non-hydrogen) atoms. The van der Waals surface area contributed by atoms with Gasteiger partial charge < -0.3 is 25.8 Å². The summed E-state index contributed by atoms with van der Waals surface area (Å²) in [5.74, 6) is -0.674. The summed E-state index contributed by atoms with van der Waals surface area (Å²) >= 11 is 0. The lowest BCUT2D eigenvalue weighted by Crippen LogP contribution is -2.46. The minimum absolute atomic E-state index is 0.115. The summed E-state index contributed by atoms with van der Waals surface area (Å²) in [5.41, 5.74) is 11.7. The Morgan fingerprint density at radius 1 is 0.571 bits per heavy atom. The average Bonchev–Trinajstić information content (AvgIpc) is 2.98. The second-order valence-corrected chi connectivity index (χ2v) is 11.8. The average molecular weight is 598 g/mol. The zero-order chi connectivity index (χ0) is 31.1. The van der Waals surface area contributed by atoms with Crippen molar-refractivity contribution in [2.75, 3.05) is 32.8 Å². The van der Waals surface area contributed by atoms with Gasteiger partial charge in [0.15, 0.2) is 0 Å². The summed E-state index contributed by atoms with van der Waals surface area (Å²) in [6.07, 6.45) is 24.4. The molecule has 8 heteroatoms. The molecule has 1 atom stereocenters. The molecule has 1 amide bonds. The number of amides is 1. The van der Waals surface area contributed by atoms with E-state index in [2.05, 4.69) is 13.8 Å². The third kappa shape index (κ3) is 26.0. The molecule has 0 aromatic carbocycles. The highest BCUT2D eigenvalue weighted by atomic mass is 16.5. The molecule has 0 aliphatic rings. The molecule has 0 aromatic heterocycles. The van der Waals surface area contributed by atoms with Crippen molar-refractivity contribution < 1.29 is 23.9 Å². The lowest BCUT2D eigenvalue weighted by atomic mass is 10.1. The summed E-state index contributed by atoms with van der Waals surface area (Å²) in [7, 11) is 0. The van der Waals surface area contributed by atoms with Crippen molar-refractivity contribution in [3.05, 3.63) is 0 Å². The first-order chi connectivity index (χ1) is 20.5. The van der Waals surface area contributed by atoms with Crippen LogP contribution in [0.3, 0.4) is 0 Å². The summed E-state index contributed by atoms with van der Waals surface area (Å²) in [6.45, 7) is 5.73. The smallest absolute Gasteiger partial charge is 0.305 e. The summed E-state index contributed by atoms with van der Waals surface area (Å²) < 4.78 is 10.8. The van der Waals surface area contributed by atoms with Gasteiger partial charge in [-0.05, 0) is 32.2 Å². The maximum Gasteiger partial charge on any atom is 0.305 e. The fourth-order valence-corrected chi connectivity index (χ4v) is 5.04. The monoisotopic (exact) mass is 598 g/mol. The van der Waals surface area contributed by atoms with E-state index < -0.39 is 6.04 Å². The Bertz CT molecular complexity index is 607. The molecule has 8 nitrogen and oxygen atoms in total. The number of carbonyl (C=O) groups is 3. The van der Waals surface area contributed by atoms with Gasteiger partial charge >= 0.3 is 11.9 Å². The van der Waals surface area contributed by atoms with Crippen molar-refractivity contribution >= 4 is 17.8 Å². The molecule has 1 unspecified atom stereocenters. The molecule has 0 bridgehead atoms. The van der Waals surface area contributed by atoms with Crippen LogP contribution in [0.4, 0.5) is 0 Å². The molecule has 0 rings (SSSR count). The van der Waals surface area contributed by atoms with Crippen molar-refractivity contribution in [1.29, 1.82) is 0 Å². The SMILES string of the molecule is CCCCCCCCCCCC(=O)OCCN(CCOC(=O)CCCCCCCCCCC)C(=O)C(N)CCCCN. The highest BCUT2D eigenvalue weighted by Gasteiger charge is 2.21. The van der Waals surface area contributed by atoms with Crippen LogP contribution in [0.15, 0.2) is 0 Å². The molecule has 4 N–H and O–H groups in total. The standard InChI is InChI=1S/C34H67N3O5/c1-3-5-7-9-11-13-15-17-19-24-32(38)41-29-27-37(34(40)31(36)23-21-22-26-35)28-30-42-33(39)25-20-18-16-14-12-10-8-6-4-2/h31H,3-30,35-36H2,1-2H3. The van der Waals surface area contributed by atoms with Crippen molar-refractivity contribution in [2.24, 2.45) is 11.5 Å². The van der Waals surface area contributed by atoms with Gasteiger partial charge in [-0.2, -0.15) is 0 Å². The predicted molar refractivity (Wildman–Crippen MR) is 173 cm³/mol. The molecule has 0 heterocycles. The fraction of sp³-hybridized carbons (Fsp3) is 0.912. The number of rotatable bonds is 31. The van der Waals surface area contributed by atoms with Gasteiger partial charge in [-0.15, -0.1) is 0 Å².